The Hall–Kier alpha value is -3.45. The second-order valence-corrected chi connectivity index (χ2v) is 7.66. The number of para-hydroxylation sites is 1. The summed E-state index contributed by atoms with van der Waals surface area (Å²) >= 11 is 1.36. The van der Waals surface area contributed by atoms with Crippen molar-refractivity contribution < 1.29 is 19.1 Å². The Morgan fingerprint density at radius 2 is 1.90 bits per heavy atom. The van der Waals surface area contributed by atoms with E-state index in [4.69, 9.17) is 9.47 Å². The molecule has 0 aliphatic heterocycles. The Morgan fingerprint density at radius 3 is 2.67 bits per heavy atom. The first-order chi connectivity index (χ1) is 14.7. The molecule has 0 aliphatic carbocycles. The molecule has 2 heterocycles. The molecule has 0 fully saturated rings. The van der Waals surface area contributed by atoms with E-state index in [1.54, 1.807) is 17.5 Å². The lowest BCUT2D eigenvalue weighted by Crippen LogP contribution is -2.06. The molecule has 0 radical (unpaired) electrons. The van der Waals surface area contributed by atoms with Crippen LogP contribution < -0.4 is 4.74 Å². The first kappa shape index (κ1) is 19.8. The molecule has 0 amide bonds. The molecule has 0 N–H and O–H groups in total. The summed E-state index contributed by atoms with van der Waals surface area (Å²) in [7, 11) is 0. The van der Waals surface area contributed by atoms with E-state index in [1.807, 2.05) is 54.6 Å². The molecule has 6 nitrogen and oxygen atoms in total. The summed E-state index contributed by atoms with van der Waals surface area (Å²) < 4.78 is 12.7. The molecular formula is C23H20N2O4S. The van der Waals surface area contributed by atoms with E-state index in [9.17, 15) is 9.59 Å². The zero-order chi connectivity index (χ0) is 20.9. The van der Waals surface area contributed by atoms with Gasteiger partial charge in [-0.1, -0.05) is 42.5 Å². The van der Waals surface area contributed by atoms with Crippen LogP contribution in [0.3, 0.4) is 0 Å². The number of hydrogen-bond donors (Lipinski definition) is 0. The van der Waals surface area contributed by atoms with Gasteiger partial charge in [-0.3, -0.25) is 14.0 Å². The second kappa shape index (κ2) is 8.92. The topological polar surface area (TPSA) is 69.9 Å². The highest BCUT2D eigenvalue weighted by Crippen LogP contribution is 2.34. The molecule has 0 saturated carbocycles. The Labute approximate surface area is 177 Å². The fraction of sp³-hybridized carbons (Fsp3) is 0.174. The molecule has 152 valence electrons. The van der Waals surface area contributed by atoms with Gasteiger partial charge in [-0.15, -0.1) is 11.3 Å². The number of ether oxygens (including phenoxy) is 2. The predicted molar refractivity (Wildman–Crippen MR) is 115 cm³/mol. The standard InChI is InChI=1S/C23H20N2O4S/c1-2-28-21(27)12-17-13-25-19(14-26)22(24-23(25)30-17)18-10-6-7-11-20(18)29-15-16-8-4-3-5-9-16/h3-11,13-14H,2,12,15H2,1H3. The molecule has 0 bridgehead atoms. The Balaban J connectivity index is 1.65. The van der Waals surface area contributed by atoms with Gasteiger partial charge >= 0.3 is 5.97 Å². The molecule has 2 aromatic carbocycles. The van der Waals surface area contributed by atoms with Gasteiger partial charge in [-0.05, 0) is 24.6 Å². The van der Waals surface area contributed by atoms with Crippen LogP contribution in [-0.4, -0.2) is 28.2 Å². The summed E-state index contributed by atoms with van der Waals surface area (Å²) in [5, 5.41) is 0. The number of imidazole rings is 1. The first-order valence-electron chi connectivity index (χ1n) is 9.57. The fourth-order valence-corrected chi connectivity index (χ4v) is 4.15. The van der Waals surface area contributed by atoms with Gasteiger partial charge in [0.25, 0.3) is 0 Å². The average molecular weight is 420 g/mol. The van der Waals surface area contributed by atoms with E-state index in [0.29, 0.717) is 35.3 Å². The van der Waals surface area contributed by atoms with Crippen LogP contribution in [0.4, 0.5) is 0 Å². The maximum absolute atomic E-state index is 11.9. The van der Waals surface area contributed by atoms with Crippen LogP contribution in [0.1, 0.15) is 27.9 Å². The zero-order valence-corrected chi connectivity index (χ0v) is 17.2. The van der Waals surface area contributed by atoms with E-state index in [-0.39, 0.29) is 12.4 Å². The van der Waals surface area contributed by atoms with E-state index in [2.05, 4.69) is 4.98 Å². The lowest BCUT2D eigenvalue weighted by molar-refractivity contribution is -0.142. The highest BCUT2D eigenvalue weighted by Gasteiger charge is 2.20. The van der Waals surface area contributed by atoms with Gasteiger partial charge in [0, 0.05) is 16.6 Å². The monoisotopic (exact) mass is 420 g/mol. The van der Waals surface area contributed by atoms with Gasteiger partial charge < -0.3 is 9.47 Å². The largest absolute Gasteiger partial charge is 0.488 e. The average Bonchev–Trinajstić information content (AvgIpc) is 3.30. The van der Waals surface area contributed by atoms with Gasteiger partial charge in [0.15, 0.2) is 11.2 Å². The number of rotatable bonds is 8. The van der Waals surface area contributed by atoms with E-state index < -0.39 is 0 Å². The Kier molecular flexibility index (Phi) is 5.90. The maximum atomic E-state index is 11.9. The number of carbonyl (C=O) groups excluding carboxylic acids is 2. The minimum atomic E-state index is -0.297. The quantitative estimate of drug-likeness (QED) is 0.309. The molecule has 0 aliphatic rings. The number of nitrogens with zero attached hydrogens (tertiary/aromatic N) is 2. The summed E-state index contributed by atoms with van der Waals surface area (Å²) in [5.41, 5.74) is 2.78. The Morgan fingerprint density at radius 1 is 1.13 bits per heavy atom. The lowest BCUT2D eigenvalue weighted by atomic mass is 10.1. The molecular weight excluding hydrogens is 400 g/mol. The highest BCUT2D eigenvalue weighted by atomic mass is 32.1. The van der Waals surface area contributed by atoms with E-state index in [0.717, 1.165) is 22.3 Å². The molecule has 0 saturated heterocycles. The van der Waals surface area contributed by atoms with Crippen molar-refractivity contribution >= 4 is 28.6 Å². The number of aldehydes is 1. The van der Waals surface area contributed by atoms with Crippen molar-refractivity contribution in [2.45, 2.75) is 20.0 Å². The molecule has 30 heavy (non-hydrogen) atoms. The fourth-order valence-electron chi connectivity index (χ4n) is 3.18. The van der Waals surface area contributed by atoms with Gasteiger partial charge in [-0.25, -0.2) is 4.98 Å². The van der Waals surface area contributed by atoms with Crippen LogP contribution in [0, 0.1) is 0 Å². The van der Waals surface area contributed by atoms with Gasteiger partial charge in [0.2, 0.25) is 0 Å². The molecule has 0 unspecified atom stereocenters. The lowest BCUT2D eigenvalue weighted by Gasteiger charge is -2.10. The van der Waals surface area contributed by atoms with Crippen LogP contribution in [0.25, 0.3) is 16.2 Å². The zero-order valence-electron chi connectivity index (χ0n) is 16.4. The predicted octanol–water partition coefficient (Wildman–Crippen LogP) is 4.56. The number of thiazole rings is 1. The van der Waals surface area contributed by atoms with Gasteiger partial charge in [-0.2, -0.15) is 0 Å². The third-order valence-corrected chi connectivity index (χ3v) is 5.51. The number of aromatic nitrogens is 2. The summed E-state index contributed by atoms with van der Waals surface area (Å²) in [6, 6.07) is 17.4. The first-order valence-corrected chi connectivity index (χ1v) is 10.4. The number of fused-ring (bicyclic) bond motifs is 1. The number of carbonyl (C=O) groups is 2. The third kappa shape index (κ3) is 4.11. The SMILES string of the molecule is CCOC(=O)Cc1cn2c(C=O)c(-c3ccccc3OCc3ccccc3)nc2s1. The van der Waals surface area contributed by atoms with Gasteiger partial charge in [0.1, 0.15) is 23.7 Å². The van der Waals surface area contributed by atoms with Crippen LogP contribution >= 0.6 is 11.3 Å². The van der Waals surface area contributed by atoms with Crippen LogP contribution in [0.5, 0.6) is 5.75 Å². The number of esters is 1. The summed E-state index contributed by atoms with van der Waals surface area (Å²) in [6.07, 6.45) is 2.71. The maximum Gasteiger partial charge on any atom is 0.311 e. The minimum Gasteiger partial charge on any atom is -0.488 e. The number of benzene rings is 2. The summed E-state index contributed by atoms with van der Waals surface area (Å²) in [5.74, 6) is 0.358. The molecule has 4 rings (SSSR count). The second-order valence-electron chi connectivity index (χ2n) is 6.57. The van der Waals surface area contributed by atoms with Crippen molar-refractivity contribution in [3.63, 3.8) is 0 Å². The normalized spacial score (nSPS) is 10.8. The van der Waals surface area contributed by atoms with Crippen LogP contribution in [0.2, 0.25) is 0 Å². The van der Waals surface area contributed by atoms with Crippen molar-refractivity contribution in [3.05, 3.63) is 76.9 Å². The summed E-state index contributed by atoms with van der Waals surface area (Å²) in [6.45, 7) is 2.53. The van der Waals surface area contributed by atoms with Gasteiger partial charge in [0.05, 0.1) is 13.0 Å². The van der Waals surface area contributed by atoms with Crippen LogP contribution in [-0.2, 0) is 22.6 Å². The molecule has 2 aromatic heterocycles. The van der Waals surface area contributed by atoms with E-state index in [1.165, 1.54) is 11.3 Å². The molecule has 0 spiro atoms. The van der Waals surface area contributed by atoms with Crippen molar-refractivity contribution in [2.75, 3.05) is 6.61 Å². The smallest absolute Gasteiger partial charge is 0.311 e. The highest BCUT2D eigenvalue weighted by molar-refractivity contribution is 7.17. The van der Waals surface area contributed by atoms with Crippen molar-refractivity contribution in [1.29, 1.82) is 0 Å². The molecule has 4 aromatic rings. The van der Waals surface area contributed by atoms with Crippen molar-refractivity contribution in [1.82, 2.24) is 9.38 Å². The third-order valence-electron chi connectivity index (χ3n) is 4.53. The Bertz CT molecular complexity index is 1180. The van der Waals surface area contributed by atoms with Crippen molar-refractivity contribution in [2.24, 2.45) is 0 Å². The van der Waals surface area contributed by atoms with E-state index >= 15 is 0 Å². The summed E-state index contributed by atoms with van der Waals surface area (Å²) in [4.78, 5) is 29.8. The minimum absolute atomic E-state index is 0.159. The number of hydrogen-bond acceptors (Lipinski definition) is 6. The molecule has 0 atom stereocenters. The van der Waals surface area contributed by atoms with Crippen LogP contribution in [0.15, 0.2) is 60.8 Å². The molecule has 7 heteroatoms. The van der Waals surface area contributed by atoms with Crippen molar-refractivity contribution in [3.8, 4) is 17.0 Å².